The van der Waals surface area contributed by atoms with E-state index in [-0.39, 0.29) is 61.9 Å². The Labute approximate surface area is 595 Å². The molecule has 102 heavy (non-hydrogen) atoms. The van der Waals surface area contributed by atoms with Crippen molar-refractivity contribution < 1.29 is 90.9 Å². The maximum absolute atomic E-state index is 12.4. The molecular weight excluding hydrogens is 1380 g/mol. The Morgan fingerprint density at radius 1 is 0.559 bits per heavy atom. The first-order chi connectivity index (χ1) is 47.9. The fourth-order valence-corrected chi connectivity index (χ4v) is 12.9. The van der Waals surface area contributed by atoms with E-state index >= 15 is 0 Å². The number of nitrogens with one attached hydrogen (secondary N) is 2. The van der Waals surface area contributed by atoms with Crippen molar-refractivity contribution in [3.8, 4) is 0 Å². The van der Waals surface area contributed by atoms with E-state index in [0.29, 0.717) is 110 Å². The molecule has 574 valence electrons. The van der Waals surface area contributed by atoms with E-state index in [1.54, 1.807) is 60.3 Å². The average Bonchev–Trinajstić information content (AvgIpc) is 1.63. The smallest absolute Gasteiger partial charge is 0.418 e. The molecule has 0 unspecified atom stereocenters. The van der Waals surface area contributed by atoms with Crippen LogP contribution in [-0.2, 0) is 58.1 Å². The average molecular weight is 1490 g/mol. The van der Waals surface area contributed by atoms with Gasteiger partial charge in [0.2, 0.25) is 45.7 Å². The van der Waals surface area contributed by atoms with Crippen molar-refractivity contribution in [2.24, 2.45) is 26.4 Å². The van der Waals surface area contributed by atoms with Crippen LogP contribution in [0, 0.1) is 0 Å². The lowest BCUT2D eigenvalue weighted by molar-refractivity contribution is -0.929. The van der Waals surface area contributed by atoms with E-state index in [1.165, 1.54) is 91.8 Å². The highest BCUT2D eigenvalue weighted by molar-refractivity contribution is 7.81. The number of guanidine groups is 1. The molecule has 0 radical (unpaired) electrons. The molecule has 0 saturated carbocycles. The first-order valence-electron chi connectivity index (χ1n) is 34.6. The molecule has 6 saturated heterocycles. The van der Waals surface area contributed by atoms with E-state index in [1.807, 2.05) is 0 Å². The molecule has 6 bridgehead atoms. The van der Waals surface area contributed by atoms with Gasteiger partial charge in [-0.05, 0) is 120 Å². The normalized spacial score (nSPS) is 20.7. The molecule has 3 aromatic heterocycles. The van der Waals surface area contributed by atoms with Crippen LogP contribution in [0.5, 0.6) is 0 Å². The number of fused-ring (bicyclic) bond motifs is 6. The van der Waals surface area contributed by atoms with E-state index in [2.05, 4.69) is 92.5 Å². The molecule has 41 heteroatoms. The summed E-state index contributed by atoms with van der Waals surface area (Å²) in [7, 11) is -9.84. The van der Waals surface area contributed by atoms with Gasteiger partial charge in [0.1, 0.15) is 41.0 Å². The lowest BCUT2D eigenvalue weighted by Gasteiger charge is -2.39. The molecule has 8 N–H and O–H groups in total. The summed E-state index contributed by atoms with van der Waals surface area (Å²) in [6, 6.07) is -4.42. The summed E-state index contributed by atoms with van der Waals surface area (Å²) in [4.78, 5) is 76.7. The molecule has 0 spiro atoms. The minimum Gasteiger partial charge on any atom is -0.724 e. The van der Waals surface area contributed by atoms with Gasteiger partial charge in [0.05, 0.1) is 50.8 Å². The minimum atomic E-state index is -5.06. The van der Waals surface area contributed by atoms with Crippen molar-refractivity contribution in [3.05, 3.63) is 35.3 Å². The number of piperidine rings is 3. The first-order valence-corrected chi connectivity index (χ1v) is 37.3. The van der Waals surface area contributed by atoms with Crippen molar-refractivity contribution in [2.75, 3.05) is 65.4 Å². The van der Waals surface area contributed by atoms with Crippen LogP contribution in [0.2, 0.25) is 0 Å². The van der Waals surface area contributed by atoms with E-state index in [0.717, 1.165) is 5.06 Å². The summed E-state index contributed by atoms with van der Waals surface area (Å²) < 4.78 is 100. The number of quaternary nitrogens is 1. The van der Waals surface area contributed by atoms with Crippen LogP contribution in [0.25, 0.3) is 0 Å². The summed E-state index contributed by atoms with van der Waals surface area (Å²) in [5.74, 6) is 2.57. The number of carbonyl (C=O) groups is 5. The van der Waals surface area contributed by atoms with E-state index < -0.39 is 86.4 Å². The highest BCUT2D eigenvalue weighted by atomic mass is 32.3. The maximum Gasteiger partial charge on any atom is 0.418 e. The molecule has 39 nitrogen and oxygen atoms in total. The third-order valence-electron chi connectivity index (χ3n) is 16.9. The second kappa shape index (κ2) is 37.5. The number of nitrogens with two attached hydrogens (primary N) is 2. The summed E-state index contributed by atoms with van der Waals surface area (Å²) in [6.45, 7) is 30.7. The largest absolute Gasteiger partial charge is 0.724 e. The first kappa shape index (κ1) is 83.0. The van der Waals surface area contributed by atoms with Crippen molar-refractivity contribution >= 4 is 68.7 Å². The fraction of sp³-hybridized carbons (Fsp3) is 0.770. The van der Waals surface area contributed by atoms with Gasteiger partial charge in [-0.1, -0.05) is 53.4 Å². The van der Waals surface area contributed by atoms with Gasteiger partial charge in [0, 0.05) is 52.0 Å². The zero-order valence-electron chi connectivity index (χ0n) is 60.5. The van der Waals surface area contributed by atoms with Crippen molar-refractivity contribution in [1.29, 1.82) is 0 Å². The predicted molar refractivity (Wildman–Crippen MR) is 363 cm³/mol. The molecule has 9 heterocycles. The number of carbonyl (C=O) groups excluding carboxylic acids is 5. The number of rotatable bonds is 28. The third-order valence-corrected chi connectivity index (χ3v) is 17.6. The molecule has 0 aliphatic carbocycles. The Morgan fingerprint density at radius 2 is 0.892 bits per heavy atom. The highest BCUT2D eigenvalue weighted by Crippen LogP contribution is 2.41. The van der Waals surface area contributed by atoms with E-state index in [4.69, 9.17) is 38.7 Å². The SMILES string of the molecule is CC(=NCCc1nnc([C@@H]2CC[C@@H]3CN2C(=O)N3O)o1)NC(=O)OC(C)(C)C.CC(=NCCc1nnc([C@@H]2CC[C@@H]3CN2C(=O)N3OS(=O)(=O)[O-])o1)NC(=O)OC(C)(C)C.CCCC[N+](CCCC)(CCCC)CCCC.NC(N)=NCCc1nnc([C@@H]2CC[C@@H]3CN2C(=O)N3OS(=O)(=O)O)o1. The number of hydrogen-bond donors (Lipinski definition) is 6. The molecule has 6 fully saturated rings. The topological polar surface area (TPSA) is 503 Å². The quantitative estimate of drug-likeness (QED) is 0.0115. The van der Waals surface area contributed by atoms with Gasteiger partial charge >= 0.3 is 40.7 Å². The second-order valence-electron chi connectivity index (χ2n) is 27.5. The molecule has 6 aliphatic heterocycles. The maximum atomic E-state index is 12.4. The molecule has 0 aromatic carbocycles. The predicted octanol–water partition coefficient (Wildman–Crippen LogP) is 6.34. The van der Waals surface area contributed by atoms with Gasteiger partial charge in [0.15, 0.2) is 5.96 Å². The van der Waals surface area contributed by atoms with Crippen LogP contribution in [0.3, 0.4) is 0 Å². The van der Waals surface area contributed by atoms with Gasteiger partial charge in [-0.3, -0.25) is 35.4 Å². The van der Waals surface area contributed by atoms with Crippen LogP contribution < -0.4 is 22.1 Å². The third kappa shape index (κ3) is 25.8. The number of aromatic nitrogens is 6. The van der Waals surface area contributed by atoms with E-state index in [9.17, 15) is 50.6 Å². The van der Waals surface area contributed by atoms with Gasteiger partial charge in [0.25, 0.3) is 0 Å². The zero-order valence-corrected chi connectivity index (χ0v) is 62.2. The molecule has 3 aromatic rings. The summed E-state index contributed by atoms with van der Waals surface area (Å²) in [5, 5.41) is 40.7. The molecule has 8 amide bonds. The van der Waals surface area contributed by atoms with Crippen LogP contribution in [0.1, 0.15) is 226 Å². The summed E-state index contributed by atoms with van der Waals surface area (Å²) >= 11 is 0. The Bertz CT molecular complexity index is 3530. The van der Waals surface area contributed by atoms with Crippen LogP contribution >= 0.6 is 0 Å². The number of alkyl carbamates (subject to hydrolysis) is 2. The number of hydrogen-bond acceptors (Lipinski definition) is 27. The number of aliphatic imine (C=N–C) groups is 3. The number of hydroxylamine groups is 6. The number of amidine groups is 2. The second-order valence-corrected chi connectivity index (χ2v) is 29.5. The molecule has 9 rings (SSSR count). The number of unbranched alkanes of at least 4 members (excludes halogenated alkanes) is 4. The molecule has 6 atom stereocenters. The zero-order chi connectivity index (χ0) is 75.3. The van der Waals surface area contributed by atoms with Crippen molar-refractivity contribution in [3.63, 3.8) is 0 Å². The van der Waals surface area contributed by atoms with Crippen LogP contribution in [-0.4, -0.2) is 239 Å². The fourth-order valence-electron chi connectivity index (χ4n) is 12.1. The molecular formula is C61H104N20O19S2. The standard InChI is InChI=1S/C17H26N6O8S.C17H26N6O5.C16H36N.C11H17N7O6S/c1-10(19-15(24)30-17(2,3)4)18-8-7-13-20-21-14(29-13)12-6-5-11-9-22(12)16(25)23(11)31-32(26,27)28;1-10(19-15(24)28-17(2,3)4)18-8-7-13-20-21-14(27-13)12-6-5-11-9-22(12)16(25)23(11)26;1-5-9-13-17(14-10-6-2,15-11-7-3)16-12-8-4;12-10(13)14-4-3-8-15-16-9(23-8)7-2-1-6-5-17(7)11(19)18(6)24-25(20,21)22/h11-12H,5-9H2,1-4H3,(H,18,19,24)(H,26,27,28);11-12,26H,5-9H2,1-4H3,(H,18,19,24);5-16H2,1-4H3;6-7H,1-5H2,(H4,12,13,14)(H,20,21,22)/q;;+1;/p-1/t2*11-,12+;;6-,7+/m11.1/s1. The Morgan fingerprint density at radius 3 is 1.23 bits per heavy atom. The number of nitrogens with zero attached hydrogens (tertiary/aromatic N) is 16. The monoisotopic (exact) mass is 1480 g/mol. The van der Waals surface area contributed by atoms with Gasteiger partial charge in [-0.25, -0.2) is 37.5 Å². The van der Waals surface area contributed by atoms with Gasteiger partial charge in [-0.15, -0.1) is 34.9 Å². The van der Waals surface area contributed by atoms with Crippen LogP contribution in [0.15, 0.2) is 28.2 Å². The highest BCUT2D eigenvalue weighted by Gasteiger charge is 2.51. The van der Waals surface area contributed by atoms with Crippen molar-refractivity contribution in [1.82, 2.24) is 71.1 Å². The number of amides is 8. The Balaban J connectivity index is 0.000000219. The summed E-state index contributed by atoms with van der Waals surface area (Å²) in [6.07, 6.45) is 14.1. The minimum absolute atomic E-state index is 0.0420. The van der Waals surface area contributed by atoms with Crippen LogP contribution in [0.4, 0.5) is 24.0 Å². The van der Waals surface area contributed by atoms with Crippen molar-refractivity contribution in [2.45, 2.75) is 240 Å². The number of urea groups is 3. The lowest BCUT2D eigenvalue weighted by atomic mass is 10.0. The Hall–Kier alpha value is -7.96. The lowest BCUT2D eigenvalue weighted by Crippen LogP contribution is -2.50. The molecule has 6 aliphatic rings. The summed E-state index contributed by atoms with van der Waals surface area (Å²) in [5.41, 5.74) is 9.27. The van der Waals surface area contributed by atoms with Gasteiger partial charge in [-0.2, -0.15) is 22.8 Å². The van der Waals surface area contributed by atoms with Gasteiger partial charge < -0.3 is 57.9 Å². The number of ether oxygens (including phenoxy) is 2. The Kier molecular flexibility index (Phi) is 30.5.